The van der Waals surface area contributed by atoms with Crippen LogP contribution in [0.15, 0.2) is 42.6 Å². The zero-order valence-electron chi connectivity index (χ0n) is 16.0. The van der Waals surface area contributed by atoms with E-state index in [4.69, 9.17) is 4.74 Å². The Morgan fingerprint density at radius 1 is 1.18 bits per heavy atom. The summed E-state index contributed by atoms with van der Waals surface area (Å²) < 4.78 is 5.19. The van der Waals surface area contributed by atoms with Gasteiger partial charge in [-0.25, -0.2) is 4.98 Å². The number of ketones is 1. The highest BCUT2D eigenvalue weighted by molar-refractivity contribution is 5.95. The highest BCUT2D eigenvalue weighted by atomic mass is 16.5. The van der Waals surface area contributed by atoms with Gasteiger partial charge >= 0.3 is 0 Å². The van der Waals surface area contributed by atoms with Crippen molar-refractivity contribution < 1.29 is 19.7 Å². The van der Waals surface area contributed by atoms with Crippen LogP contribution in [-0.4, -0.2) is 58.2 Å². The summed E-state index contributed by atoms with van der Waals surface area (Å²) in [5.41, 5.74) is 0.831. The first-order valence-corrected chi connectivity index (χ1v) is 9.70. The van der Waals surface area contributed by atoms with Gasteiger partial charge < -0.3 is 14.9 Å². The average Bonchev–Trinajstić information content (AvgIpc) is 3.16. The Morgan fingerprint density at radius 3 is 2.43 bits per heavy atom. The molecule has 2 heterocycles. The topological polar surface area (TPSA) is 82.9 Å². The van der Waals surface area contributed by atoms with Crippen molar-refractivity contribution in [1.29, 1.82) is 0 Å². The number of aromatic hydroxyl groups is 1. The van der Waals surface area contributed by atoms with Crippen molar-refractivity contribution >= 4 is 5.78 Å². The third-order valence-electron chi connectivity index (χ3n) is 6.03. The molecule has 1 aromatic heterocycles. The number of aliphatic hydroxyl groups is 1. The molecule has 0 amide bonds. The summed E-state index contributed by atoms with van der Waals surface area (Å²) in [5, 5.41) is 20.4. The van der Waals surface area contributed by atoms with E-state index in [2.05, 4.69) is 9.88 Å². The molecule has 0 bridgehead atoms. The van der Waals surface area contributed by atoms with Gasteiger partial charge in [0, 0.05) is 19.5 Å². The maximum atomic E-state index is 12.4. The van der Waals surface area contributed by atoms with Crippen LogP contribution in [-0.2, 0) is 6.42 Å². The number of methoxy groups -OCH3 is 1. The van der Waals surface area contributed by atoms with E-state index < -0.39 is 5.60 Å². The molecule has 148 valence electrons. The van der Waals surface area contributed by atoms with Crippen LogP contribution in [0.3, 0.4) is 0 Å². The molecule has 6 nitrogen and oxygen atoms in total. The molecule has 0 spiro atoms. The van der Waals surface area contributed by atoms with Gasteiger partial charge in [-0.1, -0.05) is 12.1 Å². The molecule has 2 aromatic rings. The molecule has 1 saturated heterocycles. The van der Waals surface area contributed by atoms with E-state index in [1.54, 1.807) is 13.2 Å². The largest absolute Gasteiger partial charge is 0.506 e. The summed E-state index contributed by atoms with van der Waals surface area (Å²) in [6, 6.07) is 10.9. The van der Waals surface area contributed by atoms with Crippen LogP contribution in [0.2, 0.25) is 0 Å². The van der Waals surface area contributed by atoms with Gasteiger partial charge in [0.15, 0.2) is 5.78 Å². The molecule has 1 aliphatic heterocycles. The molecule has 28 heavy (non-hydrogen) atoms. The Hall–Kier alpha value is -2.44. The molecule has 1 aromatic carbocycles. The van der Waals surface area contributed by atoms with Crippen LogP contribution in [0.4, 0.5) is 0 Å². The third-order valence-corrected chi connectivity index (χ3v) is 6.03. The summed E-state index contributed by atoms with van der Waals surface area (Å²) in [7, 11) is 1.65. The van der Waals surface area contributed by atoms with Gasteiger partial charge in [-0.15, -0.1) is 0 Å². The molecule has 2 fully saturated rings. The summed E-state index contributed by atoms with van der Waals surface area (Å²) in [4.78, 5) is 18.6. The lowest BCUT2D eigenvalue weighted by Crippen LogP contribution is -2.34. The molecule has 2 aliphatic rings. The van der Waals surface area contributed by atoms with E-state index in [1.165, 1.54) is 12.3 Å². The fourth-order valence-corrected chi connectivity index (χ4v) is 4.79. The number of carbonyl (C=O) groups is 1. The normalized spacial score (nSPS) is 26.9. The molecule has 1 saturated carbocycles. The van der Waals surface area contributed by atoms with Gasteiger partial charge in [-0.05, 0) is 54.5 Å². The second-order valence-electron chi connectivity index (χ2n) is 8.20. The number of benzene rings is 1. The van der Waals surface area contributed by atoms with E-state index >= 15 is 0 Å². The van der Waals surface area contributed by atoms with E-state index in [-0.39, 0.29) is 11.5 Å². The summed E-state index contributed by atoms with van der Waals surface area (Å²) >= 11 is 0. The number of Topliss-reactive ketones (excluding diaryl/α,β-unsaturated/α-hetero) is 1. The molecule has 2 N–H and O–H groups in total. The predicted octanol–water partition coefficient (Wildman–Crippen LogP) is 2.29. The Labute approximate surface area is 164 Å². The minimum atomic E-state index is -0.668. The molecule has 3 atom stereocenters. The van der Waals surface area contributed by atoms with Crippen molar-refractivity contribution in [2.45, 2.75) is 24.9 Å². The lowest BCUT2D eigenvalue weighted by atomic mass is 9.91. The molecular weight excluding hydrogens is 356 g/mol. The predicted molar refractivity (Wildman–Crippen MR) is 105 cm³/mol. The number of likely N-dealkylation sites (tertiary alicyclic amines) is 1. The quantitative estimate of drug-likeness (QED) is 0.746. The van der Waals surface area contributed by atoms with Crippen LogP contribution in [0, 0.1) is 11.8 Å². The van der Waals surface area contributed by atoms with Gasteiger partial charge in [-0.3, -0.25) is 9.69 Å². The lowest BCUT2D eigenvalue weighted by molar-refractivity contribution is 0.0355. The number of hydrogen-bond donors (Lipinski definition) is 2. The third kappa shape index (κ3) is 4.03. The first-order chi connectivity index (χ1) is 13.4. The molecule has 4 rings (SSSR count). The fourth-order valence-electron chi connectivity index (χ4n) is 4.79. The Morgan fingerprint density at radius 2 is 1.86 bits per heavy atom. The minimum absolute atomic E-state index is 0.0338. The number of rotatable bonds is 6. The average molecular weight is 382 g/mol. The van der Waals surface area contributed by atoms with Crippen molar-refractivity contribution in [3.8, 4) is 11.5 Å². The van der Waals surface area contributed by atoms with E-state index in [9.17, 15) is 15.0 Å². The first kappa shape index (κ1) is 18.9. The van der Waals surface area contributed by atoms with Crippen molar-refractivity contribution in [3.05, 3.63) is 53.9 Å². The van der Waals surface area contributed by atoms with Gasteiger partial charge in [0.25, 0.3) is 0 Å². The zero-order valence-corrected chi connectivity index (χ0v) is 16.0. The van der Waals surface area contributed by atoms with E-state index in [0.717, 1.165) is 37.2 Å². The number of ether oxygens (including phenoxy) is 1. The van der Waals surface area contributed by atoms with Gasteiger partial charge in [0.1, 0.15) is 17.2 Å². The van der Waals surface area contributed by atoms with Gasteiger partial charge in [-0.2, -0.15) is 0 Å². The number of aromatic nitrogens is 1. The number of fused-ring (bicyclic) bond motifs is 1. The van der Waals surface area contributed by atoms with Crippen LogP contribution >= 0.6 is 0 Å². The monoisotopic (exact) mass is 382 g/mol. The SMILES string of the molecule is COc1ccc(CC2(O)C[C@H]3CN(CC(=O)c4ccc(O)cn4)C[C@H]3C2)cc1. The Kier molecular flexibility index (Phi) is 5.08. The van der Waals surface area contributed by atoms with E-state index in [1.807, 2.05) is 24.3 Å². The van der Waals surface area contributed by atoms with Crippen LogP contribution < -0.4 is 4.74 Å². The first-order valence-electron chi connectivity index (χ1n) is 9.70. The van der Waals surface area contributed by atoms with Crippen LogP contribution in [0.5, 0.6) is 11.5 Å². The minimum Gasteiger partial charge on any atom is -0.506 e. The molecular formula is C22H26N2O4. The summed E-state index contributed by atoms with van der Waals surface area (Å²) in [5.74, 6) is 1.69. The second-order valence-corrected chi connectivity index (χ2v) is 8.20. The number of pyridine rings is 1. The molecule has 1 aliphatic carbocycles. The van der Waals surface area contributed by atoms with Crippen molar-refractivity contribution in [2.24, 2.45) is 11.8 Å². The maximum absolute atomic E-state index is 12.4. The summed E-state index contributed by atoms with van der Waals surface area (Å²) in [6.07, 6.45) is 3.49. The molecule has 1 unspecified atom stereocenters. The summed E-state index contributed by atoms with van der Waals surface area (Å²) in [6.45, 7) is 2.00. The number of nitrogens with zero attached hydrogens (tertiary/aromatic N) is 2. The Balaban J connectivity index is 1.32. The Bertz CT molecular complexity index is 821. The van der Waals surface area contributed by atoms with Crippen molar-refractivity contribution in [3.63, 3.8) is 0 Å². The molecule has 6 heteroatoms. The smallest absolute Gasteiger partial charge is 0.195 e. The highest BCUT2D eigenvalue weighted by Crippen LogP contribution is 2.45. The second kappa shape index (κ2) is 7.53. The molecule has 0 radical (unpaired) electrons. The van der Waals surface area contributed by atoms with Crippen molar-refractivity contribution in [2.75, 3.05) is 26.7 Å². The van der Waals surface area contributed by atoms with Crippen LogP contribution in [0.25, 0.3) is 0 Å². The highest BCUT2D eigenvalue weighted by Gasteiger charge is 2.48. The van der Waals surface area contributed by atoms with Gasteiger partial charge in [0.2, 0.25) is 0 Å². The number of hydrogen-bond acceptors (Lipinski definition) is 6. The van der Waals surface area contributed by atoms with Crippen molar-refractivity contribution in [1.82, 2.24) is 9.88 Å². The van der Waals surface area contributed by atoms with Crippen LogP contribution in [0.1, 0.15) is 28.9 Å². The number of carbonyl (C=O) groups excluding carboxylic acids is 1. The maximum Gasteiger partial charge on any atom is 0.195 e. The fraction of sp³-hybridized carbons (Fsp3) is 0.455. The van der Waals surface area contributed by atoms with E-state index in [0.29, 0.717) is 30.5 Å². The zero-order chi connectivity index (χ0) is 19.7. The standard InChI is InChI=1S/C22H26N2O4/c1-28-19-5-2-15(3-6-19)8-22(27)9-16-12-24(13-17(16)10-22)14-21(26)20-7-4-18(25)11-23-20/h2-7,11,16-17,25,27H,8-10,12-14H2,1H3/t16-,17+,22?. The van der Waals surface area contributed by atoms with Gasteiger partial charge in [0.05, 0.1) is 25.5 Å². The lowest BCUT2D eigenvalue weighted by Gasteiger charge is -2.26.